The zero-order chi connectivity index (χ0) is 13.7. The van der Waals surface area contributed by atoms with Crippen LogP contribution in [0.4, 0.5) is 0 Å². The van der Waals surface area contributed by atoms with Crippen LogP contribution in [0.25, 0.3) is 0 Å². The second-order valence-electron chi connectivity index (χ2n) is 5.94. The summed E-state index contributed by atoms with van der Waals surface area (Å²) >= 11 is 0. The van der Waals surface area contributed by atoms with E-state index in [0.717, 1.165) is 25.9 Å². The molecular weight excluding hydrogens is 244 g/mol. The Bertz CT molecular complexity index is 299. The van der Waals surface area contributed by atoms with Gasteiger partial charge in [-0.25, -0.2) is 0 Å². The predicted octanol–water partition coefficient (Wildman–Crippen LogP) is 0.518. The maximum absolute atomic E-state index is 12.3. The van der Waals surface area contributed by atoms with Crippen LogP contribution in [-0.2, 0) is 9.53 Å². The molecule has 0 aromatic heterocycles. The van der Waals surface area contributed by atoms with E-state index in [9.17, 15) is 4.79 Å². The molecule has 0 aromatic rings. The van der Waals surface area contributed by atoms with Crippen LogP contribution in [0.15, 0.2) is 0 Å². The van der Waals surface area contributed by atoms with Gasteiger partial charge in [-0.15, -0.1) is 0 Å². The Kier molecular flexibility index (Phi) is 5.19. The highest BCUT2D eigenvalue weighted by molar-refractivity contribution is 5.77. The van der Waals surface area contributed by atoms with E-state index in [1.807, 2.05) is 11.8 Å². The molecule has 2 fully saturated rings. The summed E-state index contributed by atoms with van der Waals surface area (Å²) in [6.45, 7) is 4.23. The van der Waals surface area contributed by atoms with Gasteiger partial charge in [0, 0.05) is 25.7 Å². The molecule has 0 atom stereocenters. The summed E-state index contributed by atoms with van der Waals surface area (Å²) in [6, 6.07) is 0.296. The highest BCUT2D eigenvalue weighted by atomic mass is 16.5. The van der Waals surface area contributed by atoms with Gasteiger partial charge in [-0.2, -0.15) is 0 Å². The van der Waals surface area contributed by atoms with Crippen molar-refractivity contribution in [3.05, 3.63) is 0 Å². The Morgan fingerprint density at radius 2 is 2.05 bits per heavy atom. The average molecular weight is 270 g/mol. The molecule has 1 heterocycles. The first-order chi connectivity index (χ1) is 9.14. The molecule has 0 unspecified atom stereocenters. The first-order valence-corrected chi connectivity index (χ1v) is 7.40. The maximum Gasteiger partial charge on any atom is 0.248 e. The van der Waals surface area contributed by atoms with Crippen LogP contribution in [0.1, 0.15) is 39.0 Å². The van der Waals surface area contributed by atoms with Crippen molar-refractivity contribution in [1.82, 2.24) is 10.2 Å². The zero-order valence-electron chi connectivity index (χ0n) is 11.9. The van der Waals surface area contributed by atoms with Crippen LogP contribution in [0, 0.1) is 0 Å². The fourth-order valence-electron chi connectivity index (χ4n) is 2.91. The van der Waals surface area contributed by atoms with E-state index < -0.39 is 0 Å². The van der Waals surface area contributed by atoms with Gasteiger partial charge >= 0.3 is 0 Å². The third kappa shape index (κ3) is 3.91. The summed E-state index contributed by atoms with van der Waals surface area (Å²) in [5.74, 6) is 0.0223. The van der Waals surface area contributed by atoms with Gasteiger partial charge in [0.1, 0.15) is 6.61 Å². The Morgan fingerprint density at radius 1 is 1.37 bits per heavy atom. The van der Waals surface area contributed by atoms with Gasteiger partial charge in [0.15, 0.2) is 0 Å². The Morgan fingerprint density at radius 3 is 2.58 bits per heavy atom. The first-order valence-electron chi connectivity index (χ1n) is 7.40. The molecule has 1 saturated heterocycles. The van der Waals surface area contributed by atoms with E-state index in [-0.39, 0.29) is 24.7 Å². The Hall–Kier alpha value is -0.650. The summed E-state index contributed by atoms with van der Waals surface area (Å²) < 4.78 is 5.71. The van der Waals surface area contributed by atoms with Crippen LogP contribution in [0.3, 0.4) is 0 Å². The molecule has 5 nitrogen and oxygen atoms in total. The number of ether oxygens (including phenoxy) is 1. The summed E-state index contributed by atoms with van der Waals surface area (Å²) in [7, 11) is 0. The molecule has 5 heteroatoms. The number of hydrogen-bond acceptors (Lipinski definition) is 4. The van der Waals surface area contributed by atoms with Crippen LogP contribution < -0.4 is 5.32 Å². The number of nitrogens with zero attached hydrogens (tertiary/aromatic N) is 1. The summed E-state index contributed by atoms with van der Waals surface area (Å²) in [5.41, 5.74) is -0.187. The normalized spacial score (nSPS) is 22.8. The molecule has 0 aromatic carbocycles. The number of carbonyl (C=O) groups excluding carboxylic acids is 1. The van der Waals surface area contributed by atoms with Crippen LogP contribution in [-0.4, -0.2) is 60.4 Å². The van der Waals surface area contributed by atoms with Crippen molar-refractivity contribution in [2.24, 2.45) is 0 Å². The maximum atomic E-state index is 12.3. The smallest absolute Gasteiger partial charge is 0.248 e. The number of amides is 1. The molecule has 2 N–H and O–H groups in total. The van der Waals surface area contributed by atoms with Gasteiger partial charge in [-0.1, -0.05) is 19.3 Å². The van der Waals surface area contributed by atoms with E-state index in [4.69, 9.17) is 9.84 Å². The monoisotopic (exact) mass is 270 g/mol. The lowest BCUT2D eigenvalue weighted by Crippen LogP contribution is -2.60. The number of rotatable bonds is 6. The number of nitrogens with one attached hydrogen (secondary N) is 1. The van der Waals surface area contributed by atoms with Gasteiger partial charge in [0.2, 0.25) is 5.91 Å². The number of aliphatic hydroxyl groups excluding tert-OH is 1. The van der Waals surface area contributed by atoms with Crippen molar-refractivity contribution in [3.63, 3.8) is 0 Å². The minimum atomic E-state index is -0.187. The average Bonchev–Trinajstić information content (AvgIpc) is 2.41. The second kappa shape index (κ2) is 6.68. The first kappa shape index (κ1) is 14.8. The van der Waals surface area contributed by atoms with Crippen LogP contribution in [0.2, 0.25) is 0 Å². The summed E-state index contributed by atoms with van der Waals surface area (Å²) in [4.78, 5) is 14.1. The number of aliphatic hydroxyl groups is 1. The molecule has 1 aliphatic heterocycles. The quantitative estimate of drug-likeness (QED) is 0.738. The lowest BCUT2D eigenvalue weighted by molar-refractivity contribution is -0.149. The molecule has 19 heavy (non-hydrogen) atoms. The molecule has 1 saturated carbocycles. The van der Waals surface area contributed by atoms with Crippen molar-refractivity contribution in [3.8, 4) is 0 Å². The fraction of sp³-hybridized carbons (Fsp3) is 0.929. The molecule has 2 aliphatic rings. The van der Waals surface area contributed by atoms with Crippen molar-refractivity contribution in [1.29, 1.82) is 0 Å². The minimum absolute atomic E-state index is 0.0223. The van der Waals surface area contributed by atoms with Crippen molar-refractivity contribution in [2.75, 3.05) is 32.8 Å². The molecule has 110 valence electrons. The molecule has 2 rings (SSSR count). The van der Waals surface area contributed by atoms with Crippen molar-refractivity contribution in [2.45, 2.75) is 50.7 Å². The standard InChI is InChI=1S/C14H26N2O3/c1-14(10-15-11-14)19-9-13(18)16(7-8-17)12-5-3-2-4-6-12/h12,15,17H,2-11H2,1H3. The van der Waals surface area contributed by atoms with Gasteiger partial charge in [-0.05, 0) is 19.8 Å². The molecule has 1 aliphatic carbocycles. The van der Waals surface area contributed by atoms with Gasteiger partial charge in [0.25, 0.3) is 0 Å². The molecular formula is C14H26N2O3. The van der Waals surface area contributed by atoms with Crippen LogP contribution >= 0.6 is 0 Å². The number of carbonyl (C=O) groups is 1. The Labute approximate surface area is 115 Å². The molecule has 0 spiro atoms. The van der Waals surface area contributed by atoms with Crippen molar-refractivity contribution >= 4 is 5.91 Å². The van der Waals surface area contributed by atoms with Gasteiger partial charge < -0.3 is 20.1 Å². The second-order valence-corrected chi connectivity index (χ2v) is 5.94. The van der Waals surface area contributed by atoms with E-state index in [2.05, 4.69) is 5.32 Å². The third-order valence-electron chi connectivity index (χ3n) is 4.22. The summed E-state index contributed by atoms with van der Waals surface area (Å²) in [6.07, 6.45) is 5.75. The van der Waals surface area contributed by atoms with E-state index >= 15 is 0 Å². The topological polar surface area (TPSA) is 61.8 Å². The third-order valence-corrected chi connectivity index (χ3v) is 4.22. The molecule has 0 radical (unpaired) electrons. The van der Waals surface area contributed by atoms with E-state index in [1.165, 1.54) is 19.3 Å². The molecule has 0 bridgehead atoms. The number of hydrogen-bond donors (Lipinski definition) is 2. The van der Waals surface area contributed by atoms with Crippen LogP contribution in [0.5, 0.6) is 0 Å². The van der Waals surface area contributed by atoms with Crippen molar-refractivity contribution < 1.29 is 14.6 Å². The predicted molar refractivity (Wildman–Crippen MR) is 72.9 cm³/mol. The van der Waals surface area contributed by atoms with E-state index in [0.29, 0.717) is 12.6 Å². The Balaban J connectivity index is 1.84. The highest BCUT2D eigenvalue weighted by Crippen LogP contribution is 2.23. The molecule has 1 amide bonds. The van der Waals surface area contributed by atoms with E-state index in [1.54, 1.807) is 0 Å². The SMILES string of the molecule is CC1(OCC(=O)N(CCO)C2CCCCC2)CNC1. The van der Waals surface area contributed by atoms with Gasteiger partial charge in [-0.3, -0.25) is 4.79 Å². The zero-order valence-corrected chi connectivity index (χ0v) is 11.9. The lowest BCUT2D eigenvalue weighted by Gasteiger charge is -2.40. The lowest BCUT2D eigenvalue weighted by atomic mass is 9.94. The van der Waals surface area contributed by atoms with Gasteiger partial charge in [0.05, 0.1) is 12.2 Å². The highest BCUT2D eigenvalue weighted by Gasteiger charge is 2.34. The summed E-state index contributed by atoms with van der Waals surface area (Å²) in [5, 5.41) is 12.3. The minimum Gasteiger partial charge on any atom is -0.395 e. The largest absolute Gasteiger partial charge is 0.395 e. The fourth-order valence-corrected chi connectivity index (χ4v) is 2.91.